The van der Waals surface area contributed by atoms with E-state index in [2.05, 4.69) is 10.4 Å². The molecule has 0 aliphatic rings. The highest BCUT2D eigenvalue weighted by Gasteiger charge is 2.06. The number of carbonyl (C=O) groups is 3. The molecule has 6 N–H and O–H groups in total. The normalized spacial score (nSPS) is 9.92. The molecule has 26 heavy (non-hydrogen) atoms. The van der Waals surface area contributed by atoms with Crippen LogP contribution in [-0.2, 0) is 9.59 Å². The molecule has 1 aromatic rings. The van der Waals surface area contributed by atoms with Gasteiger partial charge < -0.3 is 31.1 Å². The molecule has 0 bridgehead atoms. The third kappa shape index (κ3) is 10.6. The summed E-state index contributed by atoms with van der Waals surface area (Å²) >= 11 is 0. The van der Waals surface area contributed by atoms with Crippen molar-refractivity contribution in [3.8, 4) is 5.75 Å². The van der Waals surface area contributed by atoms with Gasteiger partial charge in [-0.3, -0.25) is 0 Å². The van der Waals surface area contributed by atoms with E-state index in [0.717, 1.165) is 16.3 Å². The number of nitrogens with two attached hydrogens (primary N) is 1. The number of carbonyl (C=O) groups excluding carboxylic acids is 1. The minimum absolute atomic E-state index is 0.0473. The number of rotatable bonds is 8. The van der Waals surface area contributed by atoms with Crippen LogP contribution in [0, 0.1) is 0 Å². The highest BCUT2D eigenvalue weighted by molar-refractivity contribution is 6.27. The van der Waals surface area contributed by atoms with E-state index in [0.29, 0.717) is 19.6 Å². The quantitative estimate of drug-likeness (QED) is 0.170. The molecule has 0 saturated carbocycles. The lowest BCUT2D eigenvalue weighted by Gasteiger charge is -2.14. The molecule has 0 saturated heterocycles. The number of carboxylic acid groups (broad SMARTS) is 2. The van der Waals surface area contributed by atoms with E-state index in [9.17, 15) is 4.79 Å². The maximum atomic E-state index is 11.2. The summed E-state index contributed by atoms with van der Waals surface area (Å²) in [7, 11) is 1.59. The number of carboxylic acids is 2. The minimum atomic E-state index is -1.82. The smallest absolute Gasteiger partial charge is 0.414 e. The van der Waals surface area contributed by atoms with Gasteiger partial charge in [-0.2, -0.15) is 5.10 Å². The van der Waals surface area contributed by atoms with Gasteiger partial charge in [0.15, 0.2) is 0 Å². The van der Waals surface area contributed by atoms with E-state index in [-0.39, 0.29) is 6.61 Å². The number of urea groups is 1. The van der Waals surface area contributed by atoms with Gasteiger partial charge in [0.05, 0.1) is 26.5 Å². The molecule has 0 atom stereocenters. The summed E-state index contributed by atoms with van der Waals surface area (Å²) in [5, 5.41) is 31.6. The first-order valence-electron chi connectivity index (χ1n) is 7.34. The Bertz CT molecular complexity index is 593. The summed E-state index contributed by atoms with van der Waals surface area (Å²) in [5.74, 6) is -2.90. The molecule has 11 nitrogen and oxygen atoms in total. The summed E-state index contributed by atoms with van der Waals surface area (Å²) in [4.78, 5) is 29.4. The van der Waals surface area contributed by atoms with E-state index in [4.69, 9.17) is 35.4 Å². The molecule has 0 aliphatic carbocycles. The third-order valence-electron chi connectivity index (χ3n) is 2.69. The number of benzene rings is 1. The number of aliphatic hydroxyl groups is 1. The van der Waals surface area contributed by atoms with E-state index in [1.54, 1.807) is 25.5 Å². The topological polar surface area (TPSA) is 175 Å². The van der Waals surface area contributed by atoms with Crippen molar-refractivity contribution in [2.75, 3.05) is 33.4 Å². The molecular formula is C15H22N4O7. The molecule has 0 heterocycles. The van der Waals surface area contributed by atoms with Crippen LogP contribution in [0.1, 0.15) is 5.56 Å². The van der Waals surface area contributed by atoms with Gasteiger partial charge in [0, 0.05) is 13.1 Å². The standard InChI is InChI=1S/C13H20N4O3.C2H2O4/c1-20-12-4-2-11(3-5-12)10-16-17(13(14)19)8-6-15-7-9-18;3-1(4)2(5)6/h2-5,10,15,18H,6-9H2,1H3,(H2,14,19);(H,3,4)(H,5,6)/b16-10-;. The zero-order valence-corrected chi connectivity index (χ0v) is 14.2. The molecule has 1 aromatic carbocycles. The van der Waals surface area contributed by atoms with Crippen LogP contribution in [0.4, 0.5) is 4.79 Å². The van der Waals surface area contributed by atoms with Gasteiger partial charge in [-0.25, -0.2) is 19.4 Å². The van der Waals surface area contributed by atoms with E-state index < -0.39 is 18.0 Å². The van der Waals surface area contributed by atoms with Crippen LogP contribution in [-0.4, -0.2) is 77.9 Å². The summed E-state index contributed by atoms with van der Waals surface area (Å²) in [6.45, 7) is 1.35. The first-order chi connectivity index (χ1) is 12.3. The summed E-state index contributed by atoms with van der Waals surface area (Å²) < 4.78 is 5.05. The summed E-state index contributed by atoms with van der Waals surface area (Å²) in [6, 6.07) is 6.63. The van der Waals surface area contributed by atoms with Gasteiger partial charge in [0.2, 0.25) is 0 Å². The number of hydrazone groups is 1. The number of hydrogen-bond donors (Lipinski definition) is 5. The molecule has 2 amide bonds. The number of methoxy groups -OCH3 is 1. The Morgan fingerprint density at radius 2 is 1.77 bits per heavy atom. The third-order valence-corrected chi connectivity index (χ3v) is 2.69. The average molecular weight is 370 g/mol. The Kier molecular flexibility index (Phi) is 11.5. The SMILES string of the molecule is COc1ccc(/C=N\N(CCNCCO)C(N)=O)cc1.O=C(O)C(=O)O. The molecule has 0 radical (unpaired) electrons. The molecule has 0 unspecified atom stereocenters. The minimum Gasteiger partial charge on any atom is -0.497 e. The second-order valence-electron chi connectivity index (χ2n) is 4.56. The van der Waals surface area contributed by atoms with Crippen LogP contribution in [0.2, 0.25) is 0 Å². The molecule has 0 fully saturated rings. The second kappa shape index (κ2) is 13.1. The van der Waals surface area contributed by atoms with Crippen LogP contribution in [0.25, 0.3) is 0 Å². The number of nitrogens with one attached hydrogen (secondary N) is 1. The van der Waals surface area contributed by atoms with E-state index in [1.807, 2.05) is 12.1 Å². The monoisotopic (exact) mass is 370 g/mol. The Morgan fingerprint density at radius 3 is 2.19 bits per heavy atom. The maximum Gasteiger partial charge on any atom is 0.414 e. The van der Waals surface area contributed by atoms with Gasteiger partial charge in [0.1, 0.15) is 5.75 Å². The predicted octanol–water partition coefficient (Wildman–Crippen LogP) is -0.853. The van der Waals surface area contributed by atoms with Crippen LogP contribution in [0.5, 0.6) is 5.75 Å². The van der Waals surface area contributed by atoms with Crippen molar-refractivity contribution in [2.45, 2.75) is 0 Å². The number of primary amides is 1. The van der Waals surface area contributed by atoms with Crippen molar-refractivity contribution >= 4 is 24.2 Å². The van der Waals surface area contributed by atoms with Crippen molar-refractivity contribution in [3.05, 3.63) is 29.8 Å². The Hall–Kier alpha value is -3.18. The Morgan fingerprint density at radius 1 is 1.19 bits per heavy atom. The maximum absolute atomic E-state index is 11.2. The van der Waals surface area contributed by atoms with Crippen molar-refractivity contribution in [1.82, 2.24) is 10.3 Å². The number of aliphatic carboxylic acids is 2. The van der Waals surface area contributed by atoms with Gasteiger partial charge in [-0.1, -0.05) is 0 Å². The fourth-order valence-corrected chi connectivity index (χ4v) is 1.44. The van der Waals surface area contributed by atoms with Crippen molar-refractivity contribution < 1.29 is 34.4 Å². The van der Waals surface area contributed by atoms with E-state index >= 15 is 0 Å². The second-order valence-corrected chi connectivity index (χ2v) is 4.56. The lowest BCUT2D eigenvalue weighted by Crippen LogP contribution is -2.37. The van der Waals surface area contributed by atoms with Crippen molar-refractivity contribution in [2.24, 2.45) is 10.8 Å². The molecule has 0 aromatic heterocycles. The van der Waals surface area contributed by atoms with Crippen molar-refractivity contribution in [1.29, 1.82) is 0 Å². The largest absolute Gasteiger partial charge is 0.497 e. The molecule has 1 rings (SSSR count). The number of amides is 2. The first-order valence-corrected chi connectivity index (χ1v) is 7.34. The Balaban J connectivity index is 0.000000896. The average Bonchev–Trinajstić information content (AvgIpc) is 2.61. The highest BCUT2D eigenvalue weighted by Crippen LogP contribution is 2.09. The van der Waals surface area contributed by atoms with Crippen LogP contribution < -0.4 is 15.8 Å². The van der Waals surface area contributed by atoms with Gasteiger partial charge >= 0.3 is 18.0 Å². The fraction of sp³-hybridized carbons (Fsp3) is 0.333. The molecule has 11 heteroatoms. The molecule has 0 aliphatic heterocycles. The molecule has 144 valence electrons. The van der Waals surface area contributed by atoms with Gasteiger partial charge in [-0.05, 0) is 29.8 Å². The summed E-state index contributed by atoms with van der Waals surface area (Å²) in [5.41, 5.74) is 6.07. The first kappa shape index (κ1) is 22.8. The molecular weight excluding hydrogens is 348 g/mol. The van der Waals surface area contributed by atoms with Crippen LogP contribution >= 0.6 is 0 Å². The van der Waals surface area contributed by atoms with Crippen LogP contribution in [0.15, 0.2) is 29.4 Å². The van der Waals surface area contributed by atoms with Crippen molar-refractivity contribution in [3.63, 3.8) is 0 Å². The van der Waals surface area contributed by atoms with Gasteiger partial charge in [0.25, 0.3) is 0 Å². The lowest BCUT2D eigenvalue weighted by atomic mass is 10.2. The van der Waals surface area contributed by atoms with Crippen LogP contribution in [0.3, 0.4) is 0 Å². The molecule has 0 spiro atoms. The number of hydrogen-bond acceptors (Lipinski definition) is 7. The highest BCUT2D eigenvalue weighted by atomic mass is 16.5. The summed E-state index contributed by atoms with van der Waals surface area (Å²) in [6.07, 6.45) is 1.55. The zero-order valence-electron chi connectivity index (χ0n) is 14.2. The number of aliphatic hydroxyl groups excluding tert-OH is 1. The number of nitrogens with zero attached hydrogens (tertiary/aromatic N) is 2. The predicted molar refractivity (Wildman–Crippen MR) is 92.1 cm³/mol. The van der Waals surface area contributed by atoms with E-state index in [1.165, 1.54) is 0 Å². The Labute approximate surface area is 149 Å². The zero-order chi connectivity index (χ0) is 19.9. The number of ether oxygens (including phenoxy) is 1. The van der Waals surface area contributed by atoms with Gasteiger partial charge in [-0.15, -0.1) is 0 Å². The lowest BCUT2D eigenvalue weighted by molar-refractivity contribution is -0.159. The fourth-order valence-electron chi connectivity index (χ4n) is 1.44.